The Balaban J connectivity index is 1.79. The van der Waals surface area contributed by atoms with Gasteiger partial charge in [-0.1, -0.05) is 6.92 Å². The number of nitrogens with zero attached hydrogens (tertiary/aromatic N) is 2. The lowest BCUT2D eigenvalue weighted by Crippen LogP contribution is -2.53. The summed E-state index contributed by atoms with van der Waals surface area (Å²) >= 11 is 0. The van der Waals surface area contributed by atoms with Gasteiger partial charge in [0.25, 0.3) is 0 Å². The number of rotatable bonds is 3. The SMILES string of the molecule is CCC(C)N1CCN(C(=O)[C@H]2CCCNC2)CC1. The van der Waals surface area contributed by atoms with Gasteiger partial charge in [0.15, 0.2) is 0 Å². The lowest BCUT2D eigenvalue weighted by Gasteiger charge is -2.39. The summed E-state index contributed by atoms with van der Waals surface area (Å²) in [4.78, 5) is 16.9. The number of carbonyl (C=O) groups is 1. The molecule has 1 unspecified atom stereocenters. The predicted molar refractivity (Wildman–Crippen MR) is 73.5 cm³/mol. The Labute approximate surface area is 111 Å². The molecule has 18 heavy (non-hydrogen) atoms. The van der Waals surface area contributed by atoms with E-state index in [1.54, 1.807) is 0 Å². The minimum absolute atomic E-state index is 0.230. The van der Waals surface area contributed by atoms with Crippen molar-refractivity contribution in [2.75, 3.05) is 39.3 Å². The predicted octanol–water partition coefficient (Wildman–Crippen LogP) is 0.929. The van der Waals surface area contributed by atoms with Crippen LogP contribution < -0.4 is 5.32 Å². The Kier molecular flexibility index (Phi) is 5.01. The summed E-state index contributed by atoms with van der Waals surface area (Å²) in [5, 5.41) is 3.33. The molecule has 2 saturated heterocycles. The highest BCUT2D eigenvalue weighted by molar-refractivity contribution is 5.79. The quantitative estimate of drug-likeness (QED) is 0.813. The van der Waals surface area contributed by atoms with Crippen molar-refractivity contribution in [2.24, 2.45) is 5.92 Å². The average Bonchev–Trinajstić information content (AvgIpc) is 2.47. The fourth-order valence-corrected chi connectivity index (χ4v) is 2.96. The third kappa shape index (κ3) is 3.23. The van der Waals surface area contributed by atoms with E-state index in [4.69, 9.17) is 0 Å². The summed E-state index contributed by atoms with van der Waals surface area (Å²) in [6.07, 6.45) is 3.40. The topological polar surface area (TPSA) is 35.6 Å². The second kappa shape index (κ2) is 6.53. The van der Waals surface area contributed by atoms with E-state index in [9.17, 15) is 4.79 Å². The summed E-state index contributed by atoms with van der Waals surface area (Å²) in [5.41, 5.74) is 0. The van der Waals surface area contributed by atoms with Crippen LogP contribution in [0.2, 0.25) is 0 Å². The summed E-state index contributed by atoms with van der Waals surface area (Å²) in [6, 6.07) is 0.651. The minimum Gasteiger partial charge on any atom is -0.340 e. The molecule has 4 heteroatoms. The van der Waals surface area contributed by atoms with Gasteiger partial charge >= 0.3 is 0 Å². The highest BCUT2D eigenvalue weighted by Crippen LogP contribution is 2.16. The molecule has 0 aromatic carbocycles. The van der Waals surface area contributed by atoms with E-state index in [2.05, 4.69) is 29.0 Å². The van der Waals surface area contributed by atoms with E-state index in [1.807, 2.05) is 0 Å². The van der Waals surface area contributed by atoms with Crippen LogP contribution in [0.4, 0.5) is 0 Å². The van der Waals surface area contributed by atoms with Gasteiger partial charge in [0.05, 0.1) is 5.92 Å². The van der Waals surface area contributed by atoms with E-state index < -0.39 is 0 Å². The molecule has 2 atom stereocenters. The van der Waals surface area contributed by atoms with Crippen LogP contribution in [-0.2, 0) is 4.79 Å². The monoisotopic (exact) mass is 253 g/mol. The zero-order valence-corrected chi connectivity index (χ0v) is 11.8. The van der Waals surface area contributed by atoms with Crippen LogP contribution in [0, 0.1) is 5.92 Å². The summed E-state index contributed by atoms with van der Waals surface area (Å²) < 4.78 is 0. The van der Waals surface area contributed by atoms with Gasteiger partial charge in [-0.3, -0.25) is 9.69 Å². The highest BCUT2D eigenvalue weighted by atomic mass is 16.2. The molecule has 104 valence electrons. The maximum Gasteiger partial charge on any atom is 0.227 e. The van der Waals surface area contributed by atoms with Gasteiger partial charge in [-0.05, 0) is 32.7 Å². The van der Waals surface area contributed by atoms with Gasteiger partial charge in [-0.25, -0.2) is 0 Å². The smallest absolute Gasteiger partial charge is 0.227 e. The molecule has 0 radical (unpaired) electrons. The van der Waals surface area contributed by atoms with Gasteiger partial charge in [0.2, 0.25) is 5.91 Å². The van der Waals surface area contributed by atoms with Crippen molar-refractivity contribution in [2.45, 2.75) is 39.2 Å². The molecular weight excluding hydrogens is 226 g/mol. The van der Waals surface area contributed by atoms with E-state index >= 15 is 0 Å². The molecule has 2 aliphatic heterocycles. The van der Waals surface area contributed by atoms with Crippen molar-refractivity contribution in [3.8, 4) is 0 Å². The Morgan fingerprint density at radius 3 is 2.61 bits per heavy atom. The number of nitrogens with one attached hydrogen (secondary N) is 1. The van der Waals surface area contributed by atoms with E-state index in [0.717, 1.165) is 52.1 Å². The third-order valence-corrected chi connectivity index (χ3v) is 4.49. The fraction of sp³-hybridized carbons (Fsp3) is 0.929. The number of piperidine rings is 1. The number of piperazine rings is 1. The zero-order chi connectivity index (χ0) is 13.0. The maximum absolute atomic E-state index is 12.4. The fourth-order valence-electron chi connectivity index (χ4n) is 2.96. The number of carbonyl (C=O) groups excluding carboxylic acids is 1. The number of hydrogen-bond donors (Lipinski definition) is 1. The Bertz CT molecular complexity index is 268. The molecular formula is C14H27N3O. The van der Waals surface area contributed by atoms with Gasteiger partial charge in [-0.2, -0.15) is 0 Å². The molecule has 1 N–H and O–H groups in total. The standard InChI is InChI=1S/C14H27N3O/c1-3-12(2)16-7-9-17(10-8-16)14(18)13-5-4-6-15-11-13/h12-13,15H,3-11H2,1-2H3/t12?,13-/m0/s1. The van der Waals surface area contributed by atoms with Crippen LogP contribution in [0.25, 0.3) is 0 Å². The van der Waals surface area contributed by atoms with Crippen LogP contribution >= 0.6 is 0 Å². The van der Waals surface area contributed by atoms with Crippen LogP contribution in [0.15, 0.2) is 0 Å². The lowest BCUT2D eigenvalue weighted by atomic mass is 9.98. The number of hydrogen-bond acceptors (Lipinski definition) is 3. The minimum atomic E-state index is 0.230. The van der Waals surface area contributed by atoms with Crippen LogP contribution in [0.5, 0.6) is 0 Å². The Hall–Kier alpha value is -0.610. The molecule has 2 rings (SSSR count). The van der Waals surface area contributed by atoms with Crippen LogP contribution in [-0.4, -0.2) is 61.0 Å². The first kappa shape index (κ1) is 13.8. The summed E-state index contributed by atoms with van der Waals surface area (Å²) in [7, 11) is 0. The van der Waals surface area contributed by atoms with Gasteiger partial charge in [0, 0.05) is 38.8 Å². The lowest BCUT2D eigenvalue weighted by molar-refractivity contribution is -0.138. The molecule has 2 fully saturated rings. The van der Waals surface area contributed by atoms with Crippen molar-refractivity contribution >= 4 is 5.91 Å². The second-order valence-electron chi connectivity index (χ2n) is 5.66. The molecule has 0 aromatic heterocycles. The molecule has 2 heterocycles. The van der Waals surface area contributed by atoms with Crippen LogP contribution in [0.1, 0.15) is 33.1 Å². The summed E-state index contributed by atoms with van der Waals surface area (Å²) in [5.74, 6) is 0.611. The first-order chi connectivity index (χ1) is 8.72. The van der Waals surface area contributed by atoms with Gasteiger partial charge in [-0.15, -0.1) is 0 Å². The van der Waals surface area contributed by atoms with Gasteiger partial charge < -0.3 is 10.2 Å². The van der Waals surface area contributed by atoms with E-state index in [1.165, 1.54) is 6.42 Å². The largest absolute Gasteiger partial charge is 0.340 e. The Morgan fingerprint density at radius 2 is 2.06 bits per heavy atom. The number of amides is 1. The Morgan fingerprint density at radius 1 is 1.33 bits per heavy atom. The molecule has 0 bridgehead atoms. The zero-order valence-electron chi connectivity index (χ0n) is 11.8. The maximum atomic E-state index is 12.4. The molecule has 2 aliphatic rings. The van der Waals surface area contributed by atoms with Crippen molar-refractivity contribution in [3.63, 3.8) is 0 Å². The molecule has 0 spiro atoms. The van der Waals surface area contributed by atoms with Crippen molar-refractivity contribution in [1.82, 2.24) is 15.1 Å². The molecule has 0 saturated carbocycles. The highest BCUT2D eigenvalue weighted by Gasteiger charge is 2.29. The van der Waals surface area contributed by atoms with Crippen molar-refractivity contribution < 1.29 is 4.79 Å². The van der Waals surface area contributed by atoms with E-state index in [-0.39, 0.29) is 5.92 Å². The molecule has 1 amide bonds. The normalized spacial score (nSPS) is 28.1. The first-order valence-electron chi connectivity index (χ1n) is 7.46. The van der Waals surface area contributed by atoms with Crippen LogP contribution in [0.3, 0.4) is 0 Å². The van der Waals surface area contributed by atoms with Crippen molar-refractivity contribution in [3.05, 3.63) is 0 Å². The van der Waals surface area contributed by atoms with E-state index in [0.29, 0.717) is 11.9 Å². The molecule has 0 aliphatic carbocycles. The molecule has 4 nitrogen and oxygen atoms in total. The van der Waals surface area contributed by atoms with Crippen molar-refractivity contribution in [1.29, 1.82) is 0 Å². The first-order valence-corrected chi connectivity index (χ1v) is 7.46. The average molecular weight is 253 g/mol. The summed E-state index contributed by atoms with van der Waals surface area (Å²) in [6.45, 7) is 10.4. The molecule has 0 aromatic rings. The second-order valence-corrected chi connectivity index (χ2v) is 5.66. The third-order valence-electron chi connectivity index (χ3n) is 4.49. The van der Waals surface area contributed by atoms with Gasteiger partial charge in [0.1, 0.15) is 0 Å².